The highest BCUT2D eigenvalue weighted by Gasteiger charge is 2.33. The molecule has 0 saturated heterocycles. The van der Waals surface area contributed by atoms with Crippen LogP contribution in [0.3, 0.4) is 0 Å². The van der Waals surface area contributed by atoms with E-state index in [1.54, 1.807) is 25.2 Å². The Bertz CT molecular complexity index is 907. The summed E-state index contributed by atoms with van der Waals surface area (Å²) in [4.78, 5) is 24.6. The molecular formula is C19H18F3N4O2+. The second-order valence-corrected chi connectivity index (χ2v) is 6.14. The first-order chi connectivity index (χ1) is 13.2. The standard InChI is InChI=1S/C19H17F3N4O2/c1-26(11-17(27)24-14-6-4-5-13(9-14)10-23)12-18(28)25-16-8-3-2-7-15(16)19(20,21)22/h2-9H,11-12H2,1H3,(H,24,27)(H,25,28)/p+1. The van der Waals surface area contributed by atoms with Crippen LogP contribution in [0.25, 0.3) is 0 Å². The summed E-state index contributed by atoms with van der Waals surface area (Å²) < 4.78 is 38.9. The van der Waals surface area contributed by atoms with Gasteiger partial charge in [-0.25, -0.2) is 0 Å². The van der Waals surface area contributed by atoms with Crippen LogP contribution in [-0.2, 0) is 15.8 Å². The van der Waals surface area contributed by atoms with E-state index in [1.807, 2.05) is 6.07 Å². The van der Waals surface area contributed by atoms with Gasteiger partial charge in [-0.05, 0) is 30.3 Å². The van der Waals surface area contributed by atoms with Crippen molar-refractivity contribution in [3.8, 4) is 6.07 Å². The number of hydrogen-bond acceptors (Lipinski definition) is 3. The molecule has 0 aliphatic heterocycles. The fourth-order valence-corrected chi connectivity index (χ4v) is 2.52. The number of quaternary nitrogens is 1. The molecule has 2 aromatic carbocycles. The lowest BCUT2D eigenvalue weighted by Crippen LogP contribution is -3.11. The van der Waals surface area contributed by atoms with E-state index in [4.69, 9.17) is 5.26 Å². The summed E-state index contributed by atoms with van der Waals surface area (Å²) in [5.74, 6) is -1.04. The minimum absolute atomic E-state index is 0.0783. The predicted octanol–water partition coefficient (Wildman–Crippen LogP) is 1.67. The summed E-state index contributed by atoms with van der Waals surface area (Å²) in [5, 5.41) is 13.7. The van der Waals surface area contributed by atoms with Gasteiger partial charge in [0.15, 0.2) is 13.1 Å². The number of rotatable bonds is 6. The molecule has 3 N–H and O–H groups in total. The average molecular weight is 391 g/mol. The topological polar surface area (TPSA) is 86.4 Å². The van der Waals surface area contributed by atoms with Crippen LogP contribution in [0.2, 0.25) is 0 Å². The van der Waals surface area contributed by atoms with Crippen molar-refractivity contribution in [1.29, 1.82) is 5.26 Å². The van der Waals surface area contributed by atoms with Gasteiger partial charge in [0.1, 0.15) is 0 Å². The van der Waals surface area contributed by atoms with Crippen molar-refractivity contribution in [1.82, 2.24) is 0 Å². The Morgan fingerprint density at radius 3 is 2.32 bits per heavy atom. The number of para-hydroxylation sites is 1. The zero-order valence-electron chi connectivity index (χ0n) is 14.9. The van der Waals surface area contributed by atoms with Crippen LogP contribution in [0, 0.1) is 11.3 Å². The number of nitrogens with one attached hydrogen (secondary N) is 3. The largest absolute Gasteiger partial charge is 0.418 e. The molecule has 0 fully saturated rings. The third-order valence-corrected chi connectivity index (χ3v) is 3.71. The fraction of sp³-hybridized carbons (Fsp3) is 0.211. The van der Waals surface area contributed by atoms with Crippen LogP contribution in [0.1, 0.15) is 11.1 Å². The molecule has 0 aliphatic carbocycles. The number of anilines is 2. The fourth-order valence-electron chi connectivity index (χ4n) is 2.52. The summed E-state index contributed by atoms with van der Waals surface area (Å²) in [6.45, 7) is -0.275. The molecule has 0 radical (unpaired) electrons. The van der Waals surface area contributed by atoms with Crippen molar-refractivity contribution in [2.75, 3.05) is 30.8 Å². The maximum atomic E-state index is 13.0. The van der Waals surface area contributed by atoms with Crippen LogP contribution in [0.4, 0.5) is 24.5 Å². The highest BCUT2D eigenvalue weighted by Crippen LogP contribution is 2.34. The summed E-state index contributed by atoms with van der Waals surface area (Å²) >= 11 is 0. The van der Waals surface area contributed by atoms with Crippen LogP contribution in [0.15, 0.2) is 48.5 Å². The lowest BCUT2D eigenvalue weighted by atomic mass is 10.1. The van der Waals surface area contributed by atoms with Gasteiger partial charge in [0.05, 0.1) is 29.9 Å². The lowest BCUT2D eigenvalue weighted by molar-refractivity contribution is -0.862. The molecule has 0 saturated carbocycles. The van der Waals surface area contributed by atoms with E-state index in [1.165, 1.54) is 24.3 Å². The van der Waals surface area contributed by atoms with Crippen molar-refractivity contribution in [2.45, 2.75) is 6.18 Å². The Morgan fingerprint density at radius 1 is 1.04 bits per heavy atom. The number of benzene rings is 2. The van der Waals surface area contributed by atoms with E-state index in [0.29, 0.717) is 16.2 Å². The molecule has 0 heterocycles. The van der Waals surface area contributed by atoms with Crippen molar-refractivity contribution in [3.63, 3.8) is 0 Å². The molecule has 2 rings (SSSR count). The Morgan fingerprint density at radius 2 is 1.68 bits per heavy atom. The van der Waals surface area contributed by atoms with E-state index in [9.17, 15) is 22.8 Å². The number of amides is 2. The van der Waals surface area contributed by atoms with Gasteiger partial charge < -0.3 is 15.5 Å². The van der Waals surface area contributed by atoms with Gasteiger partial charge in [0.2, 0.25) is 0 Å². The number of likely N-dealkylation sites (N-methyl/N-ethyl adjacent to an activating group) is 1. The molecule has 0 aliphatic rings. The number of carbonyl (C=O) groups excluding carboxylic acids is 2. The summed E-state index contributed by atoms with van der Waals surface area (Å²) in [5.41, 5.74) is -0.427. The molecule has 6 nitrogen and oxygen atoms in total. The Hall–Kier alpha value is -3.38. The van der Waals surface area contributed by atoms with Gasteiger partial charge >= 0.3 is 6.18 Å². The SMILES string of the molecule is C[NH+](CC(=O)Nc1cccc(C#N)c1)CC(=O)Nc1ccccc1C(F)(F)F. The molecular weight excluding hydrogens is 373 g/mol. The van der Waals surface area contributed by atoms with E-state index in [0.717, 1.165) is 6.07 Å². The number of halogens is 3. The molecule has 1 atom stereocenters. The van der Waals surface area contributed by atoms with Crippen LogP contribution in [0.5, 0.6) is 0 Å². The lowest BCUT2D eigenvalue weighted by Gasteiger charge is -2.16. The summed E-state index contributed by atoms with van der Waals surface area (Å²) in [7, 11) is 1.57. The van der Waals surface area contributed by atoms with Gasteiger partial charge in [-0.2, -0.15) is 18.4 Å². The zero-order chi connectivity index (χ0) is 20.7. The molecule has 0 aromatic heterocycles. The monoisotopic (exact) mass is 391 g/mol. The van der Waals surface area contributed by atoms with Crippen molar-refractivity contribution in [3.05, 3.63) is 59.7 Å². The zero-order valence-corrected chi connectivity index (χ0v) is 14.9. The van der Waals surface area contributed by atoms with Crippen LogP contribution < -0.4 is 15.5 Å². The highest BCUT2D eigenvalue weighted by atomic mass is 19.4. The molecule has 146 valence electrons. The normalized spacial score (nSPS) is 12.0. The molecule has 0 spiro atoms. The molecule has 0 bridgehead atoms. The second kappa shape index (κ2) is 9.01. The van der Waals surface area contributed by atoms with Crippen LogP contribution in [-0.4, -0.2) is 32.0 Å². The molecule has 28 heavy (non-hydrogen) atoms. The number of nitriles is 1. The van der Waals surface area contributed by atoms with Crippen LogP contribution >= 0.6 is 0 Å². The van der Waals surface area contributed by atoms with Gasteiger partial charge in [-0.15, -0.1) is 0 Å². The number of hydrogen-bond donors (Lipinski definition) is 3. The Kier molecular flexibility index (Phi) is 6.74. The molecule has 1 unspecified atom stereocenters. The van der Waals surface area contributed by atoms with E-state index in [2.05, 4.69) is 10.6 Å². The van der Waals surface area contributed by atoms with Crippen molar-refractivity contribution >= 4 is 23.2 Å². The number of alkyl halides is 3. The predicted molar refractivity (Wildman–Crippen MR) is 96.5 cm³/mol. The number of carbonyl (C=O) groups is 2. The third-order valence-electron chi connectivity index (χ3n) is 3.71. The smallest absolute Gasteiger partial charge is 0.322 e. The third kappa shape index (κ3) is 6.10. The van der Waals surface area contributed by atoms with Gasteiger partial charge in [0, 0.05) is 5.69 Å². The summed E-state index contributed by atoms with van der Waals surface area (Å²) in [6.07, 6.45) is -4.58. The second-order valence-electron chi connectivity index (χ2n) is 6.14. The Labute approximate surface area is 159 Å². The maximum Gasteiger partial charge on any atom is 0.418 e. The quantitative estimate of drug-likeness (QED) is 0.700. The minimum Gasteiger partial charge on any atom is -0.322 e. The minimum atomic E-state index is -4.58. The van der Waals surface area contributed by atoms with Crippen molar-refractivity contribution in [2.24, 2.45) is 0 Å². The Balaban J connectivity index is 1.91. The molecule has 9 heteroatoms. The van der Waals surface area contributed by atoms with E-state index < -0.39 is 23.6 Å². The maximum absolute atomic E-state index is 13.0. The van der Waals surface area contributed by atoms with E-state index >= 15 is 0 Å². The summed E-state index contributed by atoms with van der Waals surface area (Å²) in [6, 6.07) is 13.0. The highest BCUT2D eigenvalue weighted by molar-refractivity contribution is 5.93. The average Bonchev–Trinajstić information content (AvgIpc) is 2.60. The first-order valence-electron chi connectivity index (χ1n) is 8.26. The van der Waals surface area contributed by atoms with E-state index in [-0.39, 0.29) is 18.8 Å². The van der Waals surface area contributed by atoms with Gasteiger partial charge in [-0.3, -0.25) is 9.59 Å². The van der Waals surface area contributed by atoms with Gasteiger partial charge in [0.25, 0.3) is 11.8 Å². The van der Waals surface area contributed by atoms with Gasteiger partial charge in [-0.1, -0.05) is 18.2 Å². The molecule has 2 amide bonds. The van der Waals surface area contributed by atoms with Crippen molar-refractivity contribution < 1.29 is 27.7 Å². The number of nitrogens with zero attached hydrogens (tertiary/aromatic N) is 1. The molecule has 2 aromatic rings. The first kappa shape index (κ1) is 20.9. The first-order valence-corrected chi connectivity index (χ1v) is 8.26.